The lowest BCUT2D eigenvalue weighted by Crippen LogP contribution is -2.24. The normalized spacial score (nSPS) is 11.5. The molecule has 0 spiro atoms. The Labute approximate surface area is 88.6 Å². The third kappa shape index (κ3) is 10.2. The second-order valence-electron chi connectivity index (χ2n) is 4.12. The van der Waals surface area contributed by atoms with Crippen LogP contribution in [0.4, 0.5) is 0 Å². The van der Waals surface area contributed by atoms with Gasteiger partial charge in [0.1, 0.15) is 0 Å². The summed E-state index contributed by atoms with van der Waals surface area (Å²) in [7, 11) is 2.21. The summed E-state index contributed by atoms with van der Waals surface area (Å²) in [5.74, 6) is 0.782. The standard InChI is InChI=1S/C10H24N2S/c1-10(2)9-12(3)8-6-4-5-7-11-13/h10-11,13H,4-9H2,1-3H3. The van der Waals surface area contributed by atoms with Crippen LogP contribution < -0.4 is 4.72 Å². The molecule has 3 heteroatoms. The van der Waals surface area contributed by atoms with Gasteiger partial charge in [0.25, 0.3) is 0 Å². The molecule has 0 amide bonds. The van der Waals surface area contributed by atoms with Gasteiger partial charge in [0.2, 0.25) is 0 Å². The molecule has 0 aromatic heterocycles. The summed E-state index contributed by atoms with van der Waals surface area (Å²) in [6.07, 6.45) is 3.84. The zero-order valence-electron chi connectivity index (χ0n) is 9.21. The van der Waals surface area contributed by atoms with E-state index in [0.29, 0.717) is 0 Å². The minimum atomic E-state index is 0.782. The lowest BCUT2D eigenvalue weighted by Gasteiger charge is -2.18. The summed E-state index contributed by atoms with van der Waals surface area (Å²) in [6.45, 7) is 8.00. The monoisotopic (exact) mass is 204 g/mol. The molecule has 0 saturated carbocycles. The minimum Gasteiger partial charge on any atom is -0.306 e. The Hall–Kier alpha value is 0.270. The molecule has 0 radical (unpaired) electrons. The maximum Gasteiger partial charge on any atom is 0.00561 e. The fraction of sp³-hybridized carbons (Fsp3) is 1.00. The van der Waals surface area contributed by atoms with Gasteiger partial charge in [0.05, 0.1) is 0 Å². The fourth-order valence-corrected chi connectivity index (χ4v) is 1.64. The minimum absolute atomic E-state index is 0.782. The molecule has 0 aromatic carbocycles. The first kappa shape index (κ1) is 13.3. The second-order valence-corrected chi connectivity index (χ2v) is 4.44. The number of unbranched alkanes of at least 4 members (excludes halogenated alkanes) is 2. The molecule has 0 heterocycles. The Morgan fingerprint density at radius 1 is 1.23 bits per heavy atom. The third-order valence-corrected chi connectivity index (χ3v) is 2.23. The number of hydrogen-bond donors (Lipinski definition) is 2. The third-order valence-electron chi connectivity index (χ3n) is 2.01. The van der Waals surface area contributed by atoms with Crippen molar-refractivity contribution in [3.8, 4) is 0 Å². The van der Waals surface area contributed by atoms with Crippen molar-refractivity contribution in [2.45, 2.75) is 33.1 Å². The van der Waals surface area contributed by atoms with E-state index in [1.54, 1.807) is 0 Å². The molecular formula is C10H24N2S. The lowest BCUT2D eigenvalue weighted by atomic mass is 10.2. The van der Waals surface area contributed by atoms with Crippen LogP contribution in [0.3, 0.4) is 0 Å². The van der Waals surface area contributed by atoms with E-state index in [1.807, 2.05) is 0 Å². The fourth-order valence-electron chi connectivity index (χ4n) is 1.48. The average molecular weight is 204 g/mol. The zero-order chi connectivity index (χ0) is 10.1. The molecule has 0 bridgehead atoms. The van der Waals surface area contributed by atoms with Crippen LogP contribution in [0.1, 0.15) is 33.1 Å². The maximum absolute atomic E-state index is 3.95. The zero-order valence-corrected chi connectivity index (χ0v) is 10.1. The molecular weight excluding hydrogens is 180 g/mol. The highest BCUT2D eigenvalue weighted by molar-refractivity contribution is 7.78. The Morgan fingerprint density at radius 2 is 1.92 bits per heavy atom. The van der Waals surface area contributed by atoms with Gasteiger partial charge in [-0.15, -0.1) is 0 Å². The van der Waals surface area contributed by atoms with Gasteiger partial charge in [-0.2, -0.15) is 0 Å². The highest BCUT2D eigenvalue weighted by Gasteiger charge is 2.00. The van der Waals surface area contributed by atoms with E-state index in [9.17, 15) is 0 Å². The van der Waals surface area contributed by atoms with Crippen LogP contribution in [0.2, 0.25) is 0 Å². The highest BCUT2D eigenvalue weighted by Crippen LogP contribution is 2.00. The van der Waals surface area contributed by atoms with Crippen LogP contribution in [0, 0.1) is 5.92 Å². The lowest BCUT2D eigenvalue weighted by molar-refractivity contribution is 0.289. The highest BCUT2D eigenvalue weighted by atomic mass is 32.1. The topological polar surface area (TPSA) is 15.3 Å². The van der Waals surface area contributed by atoms with Gasteiger partial charge in [-0.3, -0.25) is 4.72 Å². The molecule has 2 nitrogen and oxygen atoms in total. The molecule has 0 aliphatic rings. The number of thiol groups is 1. The number of nitrogens with zero attached hydrogens (tertiary/aromatic N) is 1. The summed E-state index contributed by atoms with van der Waals surface area (Å²) < 4.78 is 2.87. The van der Waals surface area contributed by atoms with Crippen LogP contribution in [-0.4, -0.2) is 31.6 Å². The molecule has 0 unspecified atom stereocenters. The van der Waals surface area contributed by atoms with E-state index in [-0.39, 0.29) is 0 Å². The van der Waals surface area contributed by atoms with E-state index < -0.39 is 0 Å². The van der Waals surface area contributed by atoms with Gasteiger partial charge in [-0.25, -0.2) is 0 Å². The summed E-state index contributed by atoms with van der Waals surface area (Å²) in [5, 5.41) is 0. The van der Waals surface area contributed by atoms with Crippen molar-refractivity contribution in [3.63, 3.8) is 0 Å². The number of hydrogen-bond acceptors (Lipinski definition) is 3. The average Bonchev–Trinajstić information content (AvgIpc) is 2.02. The van der Waals surface area contributed by atoms with Crippen LogP contribution in [0.15, 0.2) is 0 Å². The van der Waals surface area contributed by atoms with Gasteiger partial charge < -0.3 is 4.90 Å². The Morgan fingerprint density at radius 3 is 2.46 bits per heavy atom. The predicted molar refractivity (Wildman–Crippen MR) is 63.2 cm³/mol. The molecule has 0 atom stereocenters. The van der Waals surface area contributed by atoms with Crippen LogP contribution >= 0.6 is 12.8 Å². The number of rotatable bonds is 8. The first-order valence-electron chi connectivity index (χ1n) is 5.22. The SMILES string of the molecule is CC(C)CN(C)CCCCCNS. The van der Waals surface area contributed by atoms with Crippen molar-refractivity contribution in [1.29, 1.82) is 0 Å². The number of nitrogens with one attached hydrogen (secondary N) is 1. The molecule has 13 heavy (non-hydrogen) atoms. The first-order valence-corrected chi connectivity index (χ1v) is 5.67. The van der Waals surface area contributed by atoms with E-state index >= 15 is 0 Å². The van der Waals surface area contributed by atoms with E-state index in [0.717, 1.165) is 12.5 Å². The van der Waals surface area contributed by atoms with Crippen molar-refractivity contribution < 1.29 is 0 Å². The van der Waals surface area contributed by atoms with Gasteiger partial charge >= 0.3 is 0 Å². The van der Waals surface area contributed by atoms with Crippen molar-refractivity contribution in [3.05, 3.63) is 0 Å². The Kier molecular flexibility index (Phi) is 9.03. The molecule has 0 aromatic rings. The van der Waals surface area contributed by atoms with Crippen LogP contribution in [-0.2, 0) is 0 Å². The maximum atomic E-state index is 3.95. The van der Waals surface area contributed by atoms with Crippen molar-refractivity contribution in [1.82, 2.24) is 9.62 Å². The van der Waals surface area contributed by atoms with Crippen LogP contribution in [0.25, 0.3) is 0 Å². The Balaban J connectivity index is 3.12. The van der Waals surface area contributed by atoms with Crippen molar-refractivity contribution >= 4 is 12.8 Å². The van der Waals surface area contributed by atoms with E-state index in [2.05, 4.69) is 43.3 Å². The van der Waals surface area contributed by atoms with Gasteiger partial charge in [0.15, 0.2) is 0 Å². The summed E-state index contributed by atoms with van der Waals surface area (Å²) in [4.78, 5) is 2.42. The van der Waals surface area contributed by atoms with Crippen molar-refractivity contribution in [2.24, 2.45) is 5.92 Å². The molecule has 80 valence electrons. The molecule has 0 aliphatic carbocycles. The summed E-state index contributed by atoms with van der Waals surface area (Å²) >= 11 is 3.95. The van der Waals surface area contributed by atoms with E-state index in [4.69, 9.17) is 0 Å². The molecule has 0 saturated heterocycles. The second kappa shape index (κ2) is 8.85. The first-order chi connectivity index (χ1) is 6.16. The van der Waals surface area contributed by atoms with Crippen molar-refractivity contribution in [2.75, 3.05) is 26.7 Å². The predicted octanol–water partition coefficient (Wildman–Crippen LogP) is 2.18. The molecule has 0 fully saturated rings. The van der Waals surface area contributed by atoms with Gasteiger partial charge in [-0.1, -0.05) is 33.1 Å². The van der Waals surface area contributed by atoms with Gasteiger partial charge in [-0.05, 0) is 32.4 Å². The van der Waals surface area contributed by atoms with E-state index in [1.165, 1.54) is 32.4 Å². The molecule has 0 rings (SSSR count). The van der Waals surface area contributed by atoms with Crippen LogP contribution in [0.5, 0.6) is 0 Å². The van der Waals surface area contributed by atoms with Gasteiger partial charge in [0, 0.05) is 13.1 Å². The molecule has 1 N–H and O–H groups in total. The smallest absolute Gasteiger partial charge is 0.00561 e. The summed E-state index contributed by atoms with van der Waals surface area (Å²) in [5.41, 5.74) is 0. The Bertz CT molecular complexity index is 107. The quantitative estimate of drug-likeness (QED) is 0.465. The molecule has 0 aliphatic heterocycles. The largest absolute Gasteiger partial charge is 0.306 e. The summed E-state index contributed by atoms with van der Waals surface area (Å²) in [6, 6.07) is 0.